The lowest BCUT2D eigenvalue weighted by atomic mass is 9.87. The molecule has 2 rings (SSSR count). The zero-order chi connectivity index (χ0) is 11.5. The van der Waals surface area contributed by atoms with Gasteiger partial charge in [-0.15, -0.1) is 0 Å². The van der Waals surface area contributed by atoms with Crippen molar-refractivity contribution in [1.29, 1.82) is 5.26 Å². The highest BCUT2D eigenvalue weighted by Gasteiger charge is 2.18. The molecular weight excluding hydrogens is 198 g/mol. The molecule has 0 radical (unpaired) electrons. The first-order chi connectivity index (χ1) is 7.72. The Hall–Kier alpha value is -1.62. The summed E-state index contributed by atoms with van der Waals surface area (Å²) in [4.78, 5) is 11.3. The number of carbonyl (C=O) groups is 1. The number of rotatable bonds is 2. The van der Waals surface area contributed by atoms with E-state index in [9.17, 15) is 4.79 Å². The van der Waals surface area contributed by atoms with Crippen LogP contribution in [-0.4, -0.2) is 5.78 Å². The van der Waals surface area contributed by atoms with E-state index in [1.54, 1.807) is 0 Å². The lowest BCUT2D eigenvalue weighted by molar-refractivity contribution is -0.117. The van der Waals surface area contributed by atoms with Gasteiger partial charge >= 0.3 is 0 Å². The summed E-state index contributed by atoms with van der Waals surface area (Å²) in [5.74, 6) is -0.662. The van der Waals surface area contributed by atoms with Crippen molar-refractivity contribution in [2.45, 2.75) is 38.5 Å². The lowest BCUT2D eigenvalue weighted by Crippen LogP contribution is -2.09. The molecule has 0 saturated carbocycles. The monoisotopic (exact) mass is 213 g/mol. The van der Waals surface area contributed by atoms with Crippen LogP contribution < -0.4 is 0 Å². The average molecular weight is 213 g/mol. The van der Waals surface area contributed by atoms with Gasteiger partial charge < -0.3 is 0 Å². The molecular formula is C14H15NO. The minimum Gasteiger partial charge on any atom is -0.298 e. The summed E-state index contributed by atoms with van der Waals surface area (Å²) in [5, 5.41) is 8.98. The largest absolute Gasteiger partial charge is 0.298 e. The van der Waals surface area contributed by atoms with Crippen molar-refractivity contribution in [3.8, 4) is 6.07 Å². The number of carbonyl (C=O) groups excluding carboxylic acids is 1. The molecule has 0 aliphatic heterocycles. The van der Waals surface area contributed by atoms with Crippen LogP contribution in [0.2, 0.25) is 0 Å². The Morgan fingerprint density at radius 2 is 2.00 bits per heavy atom. The van der Waals surface area contributed by atoms with Crippen molar-refractivity contribution in [3.63, 3.8) is 0 Å². The molecule has 1 atom stereocenters. The fraction of sp³-hybridized carbons (Fsp3) is 0.429. The number of hydrogen-bond donors (Lipinski definition) is 0. The molecule has 0 bridgehead atoms. The van der Waals surface area contributed by atoms with E-state index >= 15 is 0 Å². The maximum atomic E-state index is 11.3. The third-order valence-corrected chi connectivity index (χ3v) is 3.24. The van der Waals surface area contributed by atoms with E-state index in [1.807, 2.05) is 12.1 Å². The highest BCUT2D eigenvalue weighted by atomic mass is 16.1. The molecule has 0 spiro atoms. The van der Waals surface area contributed by atoms with Crippen LogP contribution in [0.3, 0.4) is 0 Å². The van der Waals surface area contributed by atoms with Gasteiger partial charge in [-0.2, -0.15) is 5.26 Å². The molecule has 82 valence electrons. The summed E-state index contributed by atoms with van der Waals surface area (Å²) < 4.78 is 0. The number of fused-ring (bicyclic) bond motifs is 1. The van der Waals surface area contributed by atoms with Crippen LogP contribution in [-0.2, 0) is 17.6 Å². The SMILES string of the molecule is CC(=O)C(C#N)c1ccc2c(c1)CCCC2. The van der Waals surface area contributed by atoms with Crippen LogP contribution in [0.1, 0.15) is 42.4 Å². The second-order valence-electron chi connectivity index (χ2n) is 4.41. The second kappa shape index (κ2) is 4.49. The summed E-state index contributed by atoms with van der Waals surface area (Å²) in [7, 11) is 0. The molecule has 1 aliphatic rings. The van der Waals surface area contributed by atoms with E-state index < -0.39 is 5.92 Å². The minimum absolute atomic E-state index is 0.0711. The third kappa shape index (κ3) is 1.99. The number of nitriles is 1. The van der Waals surface area contributed by atoms with Crippen LogP contribution in [0.4, 0.5) is 0 Å². The van der Waals surface area contributed by atoms with Gasteiger partial charge in [-0.3, -0.25) is 4.79 Å². The summed E-state index contributed by atoms with van der Waals surface area (Å²) in [5.41, 5.74) is 3.57. The molecule has 0 fully saturated rings. The topological polar surface area (TPSA) is 40.9 Å². The van der Waals surface area contributed by atoms with Crippen LogP contribution in [0.5, 0.6) is 0 Å². The molecule has 0 saturated heterocycles. The maximum absolute atomic E-state index is 11.3. The first-order valence-electron chi connectivity index (χ1n) is 5.74. The van der Waals surface area contributed by atoms with Gasteiger partial charge in [-0.1, -0.05) is 18.2 Å². The average Bonchev–Trinajstić information content (AvgIpc) is 2.29. The van der Waals surface area contributed by atoms with Gasteiger partial charge in [0.05, 0.1) is 6.07 Å². The first-order valence-corrected chi connectivity index (χ1v) is 5.74. The lowest BCUT2D eigenvalue weighted by Gasteiger charge is -2.17. The summed E-state index contributed by atoms with van der Waals surface area (Å²) in [6.45, 7) is 1.48. The molecule has 0 aromatic heterocycles. The third-order valence-electron chi connectivity index (χ3n) is 3.24. The van der Waals surface area contributed by atoms with Crippen LogP contribution in [0, 0.1) is 11.3 Å². The molecule has 1 aromatic carbocycles. The normalized spacial score (nSPS) is 16.0. The zero-order valence-corrected chi connectivity index (χ0v) is 9.49. The molecule has 0 N–H and O–H groups in total. The Morgan fingerprint density at radius 3 is 2.62 bits per heavy atom. The predicted octanol–water partition coefficient (Wildman–Crippen LogP) is 2.76. The predicted molar refractivity (Wildman–Crippen MR) is 62.1 cm³/mol. The first kappa shape index (κ1) is 10.9. The maximum Gasteiger partial charge on any atom is 0.151 e. The Morgan fingerprint density at radius 1 is 1.31 bits per heavy atom. The van der Waals surface area contributed by atoms with Crippen molar-refractivity contribution >= 4 is 5.78 Å². The van der Waals surface area contributed by atoms with Gasteiger partial charge in [0.1, 0.15) is 5.92 Å². The highest BCUT2D eigenvalue weighted by molar-refractivity contribution is 5.86. The molecule has 16 heavy (non-hydrogen) atoms. The van der Waals surface area contributed by atoms with Crippen LogP contribution >= 0.6 is 0 Å². The van der Waals surface area contributed by atoms with E-state index in [-0.39, 0.29) is 5.78 Å². The van der Waals surface area contributed by atoms with Crippen molar-refractivity contribution in [2.75, 3.05) is 0 Å². The Kier molecular flexibility index (Phi) is 3.05. The van der Waals surface area contributed by atoms with E-state index in [1.165, 1.54) is 30.9 Å². The second-order valence-corrected chi connectivity index (χ2v) is 4.41. The van der Waals surface area contributed by atoms with Crippen LogP contribution in [0.25, 0.3) is 0 Å². The Balaban J connectivity index is 2.36. The zero-order valence-electron chi connectivity index (χ0n) is 9.49. The Bertz CT molecular complexity index is 456. The molecule has 1 aliphatic carbocycles. The van der Waals surface area contributed by atoms with Gasteiger partial charge in [0.2, 0.25) is 0 Å². The van der Waals surface area contributed by atoms with Crippen molar-refractivity contribution in [3.05, 3.63) is 34.9 Å². The molecule has 1 unspecified atom stereocenters. The standard InChI is InChI=1S/C14H15NO/c1-10(16)14(9-15)13-7-6-11-4-2-3-5-12(11)8-13/h6-8,14H,2-5H2,1H3. The van der Waals surface area contributed by atoms with Gasteiger partial charge in [0.15, 0.2) is 5.78 Å². The Labute approximate surface area is 95.9 Å². The van der Waals surface area contributed by atoms with E-state index in [0.29, 0.717) is 0 Å². The van der Waals surface area contributed by atoms with E-state index in [2.05, 4.69) is 12.1 Å². The fourth-order valence-corrected chi connectivity index (χ4v) is 2.33. The molecule has 0 amide bonds. The minimum atomic E-state index is -0.591. The number of benzene rings is 1. The van der Waals surface area contributed by atoms with Crippen molar-refractivity contribution < 1.29 is 4.79 Å². The van der Waals surface area contributed by atoms with Gasteiger partial charge in [0, 0.05) is 0 Å². The summed E-state index contributed by atoms with van der Waals surface area (Å²) in [6.07, 6.45) is 4.68. The molecule has 2 heteroatoms. The summed E-state index contributed by atoms with van der Waals surface area (Å²) >= 11 is 0. The van der Waals surface area contributed by atoms with E-state index in [4.69, 9.17) is 5.26 Å². The van der Waals surface area contributed by atoms with Gasteiger partial charge in [-0.25, -0.2) is 0 Å². The van der Waals surface area contributed by atoms with Crippen molar-refractivity contribution in [1.82, 2.24) is 0 Å². The van der Waals surface area contributed by atoms with Crippen molar-refractivity contribution in [2.24, 2.45) is 0 Å². The van der Waals surface area contributed by atoms with Crippen LogP contribution in [0.15, 0.2) is 18.2 Å². The number of hydrogen-bond acceptors (Lipinski definition) is 2. The number of ketones is 1. The highest BCUT2D eigenvalue weighted by Crippen LogP contribution is 2.25. The number of aryl methyl sites for hydroxylation is 2. The summed E-state index contributed by atoms with van der Waals surface area (Å²) in [6, 6.07) is 8.13. The molecule has 0 heterocycles. The van der Waals surface area contributed by atoms with Gasteiger partial charge in [0.25, 0.3) is 0 Å². The smallest absolute Gasteiger partial charge is 0.151 e. The van der Waals surface area contributed by atoms with Gasteiger partial charge in [-0.05, 0) is 49.3 Å². The quantitative estimate of drug-likeness (QED) is 0.758. The molecule has 2 nitrogen and oxygen atoms in total. The number of nitrogens with zero attached hydrogens (tertiary/aromatic N) is 1. The fourth-order valence-electron chi connectivity index (χ4n) is 2.33. The molecule has 1 aromatic rings. The van der Waals surface area contributed by atoms with E-state index in [0.717, 1.165) is 18.4 Å². The number of Topliss-reactive ketones (excluding diaryl/α,β-unsaturated/α-hetero) is 1.